The van der Waals surface area contributed by atoms with Crippen LogP contribution in [0.1, 0.15) is 0 Å². The van der Waals surface area contributed by atoms with Crippen LogP contribution >= 0.6 is 23.1 Å². The first kappa shape index (κ1) is 10.7. The normalized spacial score (nSPS) is 10.9. The minimum Gasteiger partial charge on any atom is -0.229 e. The number of hydrogen-bond acceptors (Lipinski definition) is 4. The Morgan fingerprint density at radius 2 is 2.06 bits per heavy atom. The molecule has 1 aromatic carbocycles. The molecular weight excluding hydrogens is 255 g/mol. The van der Waals surface area contributed by atoms with E-state index in [1.807, 2.05) is 24.3 Å². The first-order valence-corrected chi connectivity index (χ1v) is 6.59. The van der Waals surface area contributed by atoms with Gasteiger partial charge in [0.05, 0.1) is 10.2 Å². The number of hydrogen-bond donors (Lipinski definition) is 0. The van der Waals surface area contributed by atoms with Gasteiger partial charge in [-0.3, -0.25) is 0 Å². The number of para-hydroxylation sites is 1. The topological polar surface area (TPSA) is 25.8 Å². The zero-order chi connectivity index (χ0) is 11.7. The molecule has 0 fully saturated rings. The molecule has 2 nitrogen and oxygen atoms in total. The van der Waals surface area contributed by atoms with Crippen LogP contribution in [0, 0.1) is 5.95 Å². The Morgan fingerprint density at radius 3 is 2.88 bits per heavy atom. The molecule has 0 unspecified atom stereocenters. The van der Waals surface area contributed by atoms with Crippen LogP contribution in [-0.2, 0) is 0 Å². The summed E-state index contributed by atoms with van der Waals surface area (Å²) in [5.74, 6) is -0.462. The standard InChI is InChI=1S/C12H7FN2S2/c13-11-7-8(5-6-14-11)16-12-15-9-3-1-2-4-10(9)17-12/h1-7H. The molecule has 0 atom stereocenters. The van der Waals surface area contributed by atoms with Crippen LogP contribution < -0.4 is 0 Å². The summed E-state index contributed by atoms with van der Waals surface area (Å²) in [5, 5.41) is 0. The van der Waals surface area contributed by atoms with E-state index < -0.39 is 5.95 Å². The van der Waals surface area contributed by atoms with Crippen molar-refractivity contribution in [1.82, 2.24) is 9.97 Å². The minimum absolute atomic E-state index is 0.462. The molecule has 0 saturated carbocycles. The van der Waals surface area contributed by atoms with Gasteiger partial charge in [0.25, 0.3) is 0 Å². The molecule has 0 saturated heterocycles. The SMILES string of the molecule is Fc1cc(Sc2nc3ccccc3s2)ccn1. The van der Waals surface area contributed by atoms with Crippen molar-refractivity contribution in [2.75, 3.05) is 0 Å². The van der Waals surface area contributed by atoms with Crippen LogP contribution in [0.25, 0.3) is 10.2 Å². The maximum atomic E-state index is 12.9. The second kappa shape index (κ2) is 4.43. The Hall–Kier alpha value is -1.46. The molecule has 5 heteroatoms. The second-order valence-corrected chi connectivity index (χ2v) is 5.72. The monoisotopic (exact) mass is 262 g/mol. The first-order chi connectivity index (χ1) is 8.31. The van der Waals surface area contributed by atoms with Gasteiger partial charge in [0.15, 0.2) is 4.34 Å². The van der Waals surface area contributed by atoms with E-state index in [0.29, 0.717) is 0 Å². The van der Waals surface area contributed by atoms with Crippen molar-refractivity contribution in [3.63, 3.8) is 0 Å². The van der Waals surface area contributed by atoms with Crippen LogP contribution in [-0.4, -0.2) is 9.97 Å². The first-order valence-electron chi connectivity index (χ1n) is 4.96. The quantitative estimate of drug-likeness (QED) is 0.653. The van der Waals surface area contributed by atoms with Gasteiger partial charge in [0.2, 0.25) is 5.95 Å². The lowest BCUT2D eigenvalue weighted by Crippen LogP contribution is -1.80. The fourth-order valence-corrected chi connectivity index (χ4v) is 3.50. The van der Waals surface area contributed by atoms with Gasteiger partial charge in [0, 0.05) is 17.2 Å². The zero-order valence-corrected chi connectivity index (χ0v) is 10.3. The van der Waals surface area contributed by atoms with E-state index in [-0.39, 0.29) is 0 Å². The average molecular weight is 262 g/mol. The molecule has 3 rings (SSSR count). The Morgan fingerprint density at radius 1 is 1.18 bits per heavy atom. The highest BCUT2D eigenvalue weighted by molar-refractivity contribution is 8.01. The van der Waals surface area contributed by atoms with Crippen LogP contribution in [0.5, 0.6) is 0 Å². The van der Waals surface area contributed by atoms with Crippen molar-refractivity contribution in [2.24, 2.45) is 0 Å². The summed E-state index contributed by atoms with van der Waals surface area (Å²) in [4.78, 5) is 8.82. The van der Waals surface area contributed by atoms with Gasteiger partial charge in [-0.2, -0.15) is 4.39 Å². The van der Waals surface area contributed by atoms with Crippen LogP contribution in [0.4, 0.5) is 4.39 Å². The van der Waals surface area contributed by atoms with Gasteiger partial charge < -0.3 is 0 Å². The Kier molecular flexibility index (Phi) is 2.78. The van der Waals surface area contributed by atoms with Crippen LogP contribution in [0.3, 0.4) is 0 Å². The number of nitrogens with zero attached hydrogens (tertiary/aromatic N) is 2. The van der Waals surface area contributed by atoms with Gasteiger partial charge >= 0.3 is 0 Å². The summed E-state index contributed by atoms with van der Waals surface area (Å²) in [6, 6.07) is 11.1. The summed E-state index contributed by atoms with van der Waals surface area (Å²) in [7, 11) is 0. The number of pyridine rings is 1. The van der Waals surface area contributed by atoms with E-state index in [2.05, 4.69) is 9.97 Å². The third-order valence-corrected chi connectivity index (χ3v) is 4.26. The number of rotatable bonds is 2. The summed E-state index contributed by atoms with van der Waals surface area (Å²) in [6.45, 7) is 0. The number of halogens is 1. The van der Waals surface area contributed by atoms with Crippen molar-refractivity contribution in [2.45, 2.75) is 9.24 Å². The Bertz CT molecular complexity index is 633. The number of benzene rings is 1. The van der Waals surface area contributed by atoms with Crippen LogP contribution in [0.2, 0.25) is 0 Å². The Balaban J connectivity index is 1.94. The highest BCUT2D eigenvalue weighted by Gasteiger charge is 2.05. The maximum absolute atomic E-state index is 12.9. The van der Waals surface area contributed by atoms with E-state index >= 15 is 0 Å². The summed E-state index contributed by atoms with van der Waals surface area (Å²) < 4.78 is 15.0. The van der Waals surface area contributed by atoms with Crippen LogP contribution in [0.15, 0.2) is 51.8 Å². The highest BCUT2D eigenvalue weighted by Crippen LogP contribution is 2.33. The van der Waals surface area contributed by atoms with Gasteiger partial charge in [-0.1, -0.05) is 23.9 Å². The molecule has 0 aliphatic rings. The van der Waals surface area contributed by atoms with E-state index in [0.717, 1.165) is 19.5 Å². The number of fused-ring (bicyclic) bond motifs is 1. The Labute approximate surface area is 106 Å². The molecule has 0 radical (unpaired) electrons. The van der Waals surface area contributed by atoms with Crippen molar-refractivity contribution in [1.29, 1.82) is 0 Å². The van der Waals surface area contributed by atoms with Crippen molar-refractivity contribution in [3.8, 4) is 0 Å². The average Bonchev–Trinajstić information content (AvgIpc) is 2.71. The highest BCUT2D eigenvalue weighted by atomic mass is 32.2. The molecule has 0 bridgehead atoms. The van der Waals surface area contributed by atoms with Gasteiger partial charge in [-0.05, 0) is 18.2 Å². The van der Waals surface area contributed by atoms with E-state index in [1.54, 1.807) is 17.4 Å². The molecule has 84 valence electrons. The van der Waals surface area contributed by atoms with E-state index in [9.17, 15) is 4.39 Å². The second-order valence-electron chi connectivity index (χ2n) is 3.36. The maximum Gasteiger partial charge on any atom is 0.213 e. The molecule has 0 amide bonds. The molecule has 2 aromatic heterocycles. The zero-order valence-electron chi connectivity index (χ0n) is 8.63. The smallest absolute Gasteiger partial charge is 0.213 e. The minimum atomic E-state index is -0.462. The van der Waals surface area contributed by atoms with Gasteiger partial charge in [0.1, 0.15) is 0 Å². The lowest BCUT2D eigenvalue weighted by Gasteiger charge is -1.95. The molecule has 3 aromatic rings. The van der Waals surface area contributed by atoms with E-state index in [1.165, 1.54) is 24.0 Å². The third kappa shape index (κ3) is 2.30. The van der Waals surface area contributed by atoms with Crippen molar-refractivity contribution >= 4 is 33.3 Å². The number of thiazole rings is 1. The third-order valence-electron chi connectivity index (χ3n) is 2.18. The van der Waals surface area contributed by atoms with Gasteiger partial charge in [-0.25, -0.2) is 9.97 Å². The van der Waals surface area contributed by atoms with Crippen molar-refractivity contribution < 1.29 is 4.39 Å². The van der Waals surface area contributed by atoms with Gasteiger partial charge in [-0.15, -0.1) is 11.3 Å². The fourth-order valence-electron chi connectivity index (χ4n) is 1.44. The molecule has 0 spiro atoms. The summed E-state index contributed by atoms with van der Waals surface area (Å²) in [6.07, 6.45) is 1.46. The van der Waals surface area contributed by atoms with Crippen molar-refractivity contribution in [3.05, 3.63) is 48.5 Å². The molecule has 2 heterocycles. The largest absolute Gasteiger partial charge is 0.229 e. The molecule has 0 N–H and O–H groups in total. The summed E-state index contributed by atoms with van der Waals surface area (Å²) in [5.41, 5.74) is 0.981. The van der Waals surface area contributed by atoms with E-state index in [4.69, 9.17) is 0 Å². The fraction of sp³-hybridized carbons (Fsp3) is 0. The predicted octanol–water partition coefficient (Wildman–Crippen LogP) is 3.98. The summed E-state index contributed by atoms with van der Waals surface area (Å²) >= 11 is 3.06. The molecule has 17 heavy (non-hydrogen) atoms. The lowest BCUT2D eigenvalue weighted by molar-refractivity contribution is 0.579. The number of aromatic nitrogens is 2. The lowest BCUT2D eigenvalue weighted by atomic mass is 10.3. The molecule has 0 aliphatic heterocycles. The predicted molar refractivity (Wildman–Crippen MR) is 67.9 cm³/mol. The molecule has 0 aliphatic carbocycles. The molecular formula is C12H7FN2S2.